The van der Waals surface area contributed by atoms with Crippen LogP contribution in [0.1, 0.15) is 120 Å². The fourth-order valence-corrected chi connectivity index (χ4v) is 5.96. The second kappa shape index (κ2) is 28.1. The third kappa shape index (κ3) is 16.1. The van der Waals surface area contributed by atoms with Crippen LogP contribution in [0.4, 0.5) is 0 Å². The maximum absolute atomic E-state index is 9.54. The molecule has 2 saturated carbocycles. The minimum atomic E-state index is -0.822. The average molecular weight is 542 g/mol. The fraction of sp³-hybridized carbons (Fsp3) is 0.781. The number of hydrogen-bond acceptors (Lipinski definition) is 4. The van der Waals surface area contributed by atoms with Crippen LogP contribution >= 0.6 is 0 Å². The molecule has 0 saturated heterocycles. The van der Waals surface area contributed by atoms with Gasteiger partial charge in [0, 0.05) is 6.42 Å². The summed E-state index contributed by atoms with van der Waals surface area (Å²) in [5, 5.41) is 18.0. The molecule has 0 bridgehead atoms. The van der Waals surface area contributed by atoms with Gasteiger partial charge in [-0.2, -0.15) is 0 Å². The lowest BCUT2D eigenvalue weighted by Gasteiger charge is -2.55. The van der Waals surface area contributed by atoms with Crippen LogP contribution in [0.5, 0.6) is 0 Å². The topological polar surface area (TPSA) is 104 Å². The maximum Gasteiger partial charge on any atom is 0.317 e. The number of carboxylic acid groups (broad SMARTS) is 2. The van der Waals surface area contributed by atoms with Crippen LogP contribution in [-0.2, 0) is 14.4 Å². The van der Waals surface area contributed by atoms with Crippen molar-refractivity contribution in [3.63, 3.8) is 0 Å². The Morgan fingerprint density at radius 3 is 1.87 bits per heavy atom. The number of nitrogens with one attached hydrogen (secondary N) is 1. The number of fused-ring (bicyclic) bond motifs is 3. The summed E-state index contributed by atoms with van der Waals surface area (Å²) in [5.41, 5.74) is 2.49. The number of likely N-dealkylation sites (N-methyl/N-ethyl adjacent to an activating group) is 1. The van der Waals surface area contributed by atoms with E-state index in [2.05, 4.69) is 45.3 Å². The Bertz CT molecular complexity index is 605. The van der Waals surface area contributed by atoms with Crippen LogP contribution in [0.3, 0.4) is 0 Å². The normalized spacial score (nSPS) is 25.9. The Hall–Kier alpha value is -1.95. The molecule has 5 atom stereocenters. The summed E-state index contributed by atoms with van der Waals surface area (Å²) in [4.78, 5) is 26.9. The highest BCUT2D eigenvalue weighted by Crippen LogP contribution is 2.59. The van der Waals surface area contributed by atoms with E-state index in [0.29, 0.717) is 5.41 Å². The molecule has 0 aromatic carbocycles. The monoisotopic (exact) mass is 541 g/mol. The lowest BCUT2D eigenvalue weighted by Crippen LogP contribution is -2.45. The van der Waals surface area contributed by atoms with Crippen LogP contribution in [0, 0.1) is 29.1 Å². The van der Waals surface area contributed by atoms with Crippen LogP contribution in [0.2, 0.25) is 0 Å². The van der Waals surface area contributed by atoms with Crippen molar-refractivity contribution in [2.75, 3.05) is 13.6 Å². The Morgan fingerprint density at radius 2 is 1.50 bits per heavy atom. The van der Waals surface area contributed by atoms with E-state index in [4.69, 9.17) is 15.0 Å². The second-order valence-electron chi connectivity index (χ2n) is 9.44. The van der Waals surface area contributed by atoms with E-state index in [1.54, 1.807) is 14.0 Å². The molecule has 3 rings (SSSR count). The van der Waals surface area contributed by atoms with E-state index in [1.807, 2.05) is 40.1 Å². The van der Waals surface area contributed by atoms with Crippen molar-refractivity contribution >= 4 is 18.7 Å². The Morgan fingerprint density at radius 1 is 0.974 bits per heavy atom. The Kier molecular flexibility index (Phi) is 31.8. The maximum atomic E-state index is 9.54. The van der Waals surface area contributed by atoms with Crippen LogP contribution < -0.4 is 5.32 Å². The van der Waals surface area contributed by atoms with E-state index in [9.17, 15) is 9.59 Å². The number of allylic oxidation sites excluding steroid dienone is 2. The zero-order valence-electron chi connectivity index (χ0n) is 26.4. The molecule has 6 heteroatoms. The molecule has 6 nitrogen and oxygen atoms in total. The molecule has 0 spiro atoms. The molecule has 226 valence electrons. The lowest BCUT2D eigenvalue weighted by molar-refractivity contribution is -0.137. The summed E-state index contributed by atoms with van der Waals surface area (Å²) < 4.78 is 0. The molecule has 0 heterocycles. The van der Waals surface area contributed by atoms with Crippen molar-refractivity contribution in [2.45, 2.75) is 120 Å². The molecule has 3 N–H and O–H groups in total. The van der Waals surface area contributed by atoms with Crippen molar-refractivity contribution in [3.8, 4) is 0 Å². The largest absolute Gasteiger partial charge is 0.481 e. The molecular weight excluding hydrogens is 478 g/mol. The van der Waals surface area contributed by atoms with Gasteiger partial charge in [-0.05, 0) is 68.2 Å². The highest BCUT2D eigenvalue weighted by atomic mass is 16.4. The molecule has 0 aromatic rings. The summed E-state index contributed by atoms with van der Waals surface area (Å²) in [5.74, 6) is 2.40. The summed E-state index contributed by atoms with van der Waals surface area (Å²) in [6.45, 7) is 25.1. The first-order valence-electron chi connectivity index (χ1n) is 14.8. The predicted octanol–water partition coefficient (Wildman–Crippen LogP) is 8.42. The van der Waals surface area contributed by atoms with Crippen molar-refractivity contribution in [3.05, 3.63) is 24.8 Å². The number of aliphatic carboxylic acids is 2. The first-order valence-corrected chi connectivity index (χ1v) is 14.8. The number of carboxylic acids is 2. The molecule has 0 aromatic heterocycles. The fourth-order valence-electron chi connectivity index (χ4n) is 5.96. The molecule has 38 heavy (non-hydrogen) atoms. The van der Waals surface area contributed by atoms with E-state index < -0.39 is 11.9 Å². The molecule has 0 radical (unpaired) electrons. The minimum absolute atomic E-state index is 0.0417. The molecule has 0 aliphatic heterocycles. The molecule has 3 aliphatic rings. The molecule has 0 amide bonds. The van der Waals surface area contributed by atoms with Crippen LogP contribution in [-0.4, -0.2) is 42.5 Å². The Balaban J connectivity index is -0.000000254. The number of carbonyl (C=O) groups excluding carboxylic acids is 1. The molecule has 3 aliphatic carbocycles. The van der Waals surface area contributed by atoms with Gasteiger partial charge in [0.15, 0.2) is 0 Å². The summed E-state index contributed by atoms with van der Waals surface area (Å²) in [6.07, 6.45) is 16.1. The highest BCUT2D eigenvalue weighted by Gasteiger charge is 2.49. The summed E-state index contributed by atoms with van der Waals surface area (Å²) >= 11 is 0. The lowest BCUT2D eigenvalue weighted by atomic mass is 9.50. The third-order valence-corrected chi connectivity index (χ3v) is 7.60. The van der Waals surface area contributed by atoms with Gasteiger partial charge in [0.2, 0.25) is 0 Å². The number of carbonyl (C=O) groups is 3. The van der Waals surface area contributed by atoms with E-state index >= 15 is 0 Å². The zero-order chi connectivity index (χ0) is 30.7. The van der Waals surface area contributed by atoms with Gasteiger partial charge in [0.1, 0.15) is 6.79 Å². The SMILES string of the molecule is C=C.C=O.CC.CC.CCC(=O)O.CCC1CC=C2C(CCC3C(CC)CCC[C@@]23C)C1.CNCC(=O)O. The average Bonchev–Trinajstić information content (AvgIpc) is 2.97. The Labute approximate surface area is 235 Å². The second-order valence-corrected chi connectivity index (χ2v) is 9.44. The summed E-state index contributed by atoms with van der Waals surface area (Å²) in [6, 6.07) is 0. The first kappa shape index (κ1) is 43.1. The molecule has 4 unspecified atom stereocenters. The van der Waals surface area contributed by atoms with Crippen LogP contribution in [0.15, 0.2) is 24.8 Å². The van der Waals surface area contributed by atoms with Gasteiger partial charge in [-0.15, -0.1) is 13.2 Å². The molecular formula is C32H63NO5. The van der Waals surface area contributed by atoms with Crippen molar-refractivity contribution in [1.82, 2.24) is 5.32 Å². The smallest absolute Gasteiger partial charge is 0.317 e. The molecule has 2 fully saturated rings. The quantitative estimate of drug-likeness (QED) is 0.302. The van der Waals surface area contributed by atoms with Gasteiger partial charge < -0.3 is 20.3 Å². The van der Waals surface area contributed by atoms with Crippen molar-refractivity contribution in [1.29, 1.82) is 0 Å². The van der Waals surface area contributed by atoms with Gasteiger partial charge in [-0.1, -0.05) is 92.7 Å². The zero-order valence-corrected chi connectivity index (χ0v) is 26.4. The summed E-state index contributed by atoms with van der Waals surface area (Å²) in [7, 11) is 1.59. The van der Waals surface area contributed by atoms with E-state index in [0.717, 1.165) is 23.7 Å². The number of rotatable bonds is 5. The standard InChI is InChI=1S/C19H32.C3H7NO2.C3H6O2.2C2H6.C2H4.CH2O/c1-4-14-8-10-18-16(13-14)9-11-17-15(5-2)7-6-12-19(17,18)3;1-4-2-3(5)6;1-2-3(4)5;4*1-2/h10,14-17H,4-9,11-13H2,1-3H3;4H,2H2,1H3,(H,5,6);2H2,1H3,(H,4,5);2*1-2H3;1-2H2;1H2/t14?,15?,16?,17?,19-;;;;;;/m1....../s1. The van der Waals surface area contributed by atoms with Gasteiger partial charge in [0.25, 0.3) is 0 Å². The third-order valence-electron chi connectivity index (χ3n) is 7.60. The number of hydrogen-bond donors (Lipinski definition) is 3. The van der Waals surface area contributed by atoms with Crippen LogP contribution in [0.25, 0.3) is 0 Å². The highest BCUT2D eigenvalue weighted by molar-refractivity contribution is 5.68. The van der Waals surface area contributed by atoms with Crippen molar-refractivity contribution in [2.24, 2.45) is 29.1 Å². The van der Waals surface area contributed by atoms with E-state index in [1.165, 1.54) is 57.8 Å². The van der Waals surface area contributed by atoms with Gasteiger partial charge >= 0.3 is 11.9 Å². The van der Waals surface area contributed by atoms with Gasteiger partial charge in [-0.25, -0.2) is 0 Å². The first-order chi connectivity index (χ1) is 18.2. The predicted molar refractivity (Wildman–Crippen MR) is 164 cm³/mol. The van der Waals surface area contributed by atoms with Crippen molar-refractivity contribution < 1.29 is 24.6 Å². The van der Waals surface area contributed by atoms with Gasteiger partial charge in [0.05, 0.1) is 6.54 Å². The van der Waals surface area contributed by atoms with Gasteiger partial charge in [-0.3, -0.25) is 9.59 Å². The van der Waals surface area contributed by atoms with E-state index in [-0.39, 0.29) is 13.0 Å². The minimum Gasteiger partial charge on any atom is -0.481 e.